The fourth-order valence-corrected chi connectivity index (χ4v) is 3.60. The first-order valence-corrected chi connectivity index (χ1v) is 10.7. The number of methoxy groups -OCH3 is 2. The minimum absolute atomic E-state index is 0. The second-order valence-corrected chi connectivity index (χ2v) is 7.35. The Labute approximate surface area is 206 Å². The van der Waals surface area contributed by atoms with Crippen LogP contribution in [0.25, 0.3) is 0 Å². The summed E-state index contributed by atoms with van der Waals surface area (Å²) in [4.78, 5) is 19.1. The molecule has 1 aromatic carbocycles. The van der Waals surface area contributed by atoms with Gasteiger partial charge in [0.15, 0.2) is 17.5 Å². The molecule has 9 heteroatoms. The molecule has 1 aliphatic rings. The first kappa shape index (κ1) is 25.8. The Balaban J connectivity index is 0.00000363. The van der Waals surface area contributed by atoms with Gasteiger partial charge >= 0.3 is 0 Å². The third kappa shape index (κ3) is 7.04. The predicted octanol–water partition coefficient (Wildman–Crippen LogP) is 3.34. The van der Waals surface area contributed by atoms with Crippen molar-refractivity contribution in [3.8, 4) is 11.5 Å². The maximum Gasteiger partial charge on any atom is 0.222 e. The van der Waals surface area contributed by atoms with Crippen molar-refractivity contribution in [3.05, 3.63) is 47.4 Å². The van der Waals surface area contributed by atoms with Gasteiger partial charge in [-0.2, -0.15) is 0 Å². The Hall–Kier alpha value is -2.43. The van der Waals surface area contributed by atoms with E-state index in [1.807, 2.05) is 36.1 Å². The molecule has 2 N–H and O–H groups in total. The van der Waals surface area contributed by atoms with E-state index in [1.54, 1.807) is 20.5 Å². The number of rotatable bonds is 9. The van der Waals surface area contributed by atoms with E-state index in [0.717, 1.165) is 49.0 Å². The van der Waals surface area contributed by atoms with Crippen LogP contribution in [-0.2, 0) is 24.3 Å². The van der Waals surface area contributed by atoms with Crippen LogP contribution < -0.4 is 20.1 Å². The van der Waals surface area contributed by atoms with Gasteiger partial charge in [0.1, 0.15) is 12.3 Å². The monoisotopic (exact) mass is 556 g/mol. The lowest BCUT2D eigenvalue weighted by molar-refractivity contribution is -0.132. The zero-order valence-electron chi connectivity index (χ0n) is 19.0. The van der Waals surface area contributed by atoms with Crippen molar-refractivity contribution in [2.75, 3.05) is 33.9 Å². The average Bonchev–Trinajstić information content (AvgIpc) is 3.32. The van der Waals surface area contributed by atoms with E-state index >= 15 is 0 Å². The number of nitrogens with zero attached hydrogens (tertiary/aromatic N) is 2. The lowest BCUT2D eigenvalue weighted by Crippen LogP contribution is -2.39. The summed E-state index contributed by atoms with van der Waals surface area (Å²) in [6.07, 6.45) is 3.69. The van der Waals surface area contributed by atoms with Crippen LogP contribution in [0.4, 0.5) is 0 Å². The van der Waals surface area contributed by atoms with Crippen LogP contribution in [0.2, 0.25) is 0 Å². The molecule has 0 fully saturated rings. The maximum absolute atomic E-state index is 12.7. The molecule has 176 valence electrons. The van der Waals surface area contributed by atoms with Crippen molar-refractivity contribution in [1.29, 1.82) is 0 Å². The molecule has 8 nitrogen and oxygen atoms in total. The highest BCUT2D eigenvalue weighted by Gasteiger charge is 2.22. The molecule has 2 heterocycles. The highest BCUT2D eigenvalue weighted by molar-refractivity contribution is 14.0. The number of carbonyl (C=O) groups excluding carboxylic acids is 1. The van der Waals surface area contributed by atoms with Gasteiger partial charge < -0.3 is 29.4 Å². The Kier molecular flexibility index (Phi) is 10.6. The molecule has 0 radical (unpaired) electrons. The highest BCUT2D eigenvalue weighted by atomic mass is 127. The second kappa shape index (κ2) is 13.2. The third-order valence-electron chi connectivity index (χ3n) is 5.25. The van der Waals surface area contributed by atoms with Gasteiger partial charge in [0.05, 0.1) is 20.5 Å². The van der Waals surface area contributed by atoms with Crippen LogP contribution in [-0.4, -0.2) is 50.6 Å². The summed E-state index contributed by atoms with van der Waals surface area (Å²) >= 11 is 0. The Morgan fingerprint density at radius 3 is 2.59 bits per heavy atom. The molecule has 1 aromatic heterocycles. The number of hydrogen-bond donors (Lipinski definition) is 2. The van der Waals surface area contributed by atoms with Crippen molar-refractivity contribution in [2.24, 2.45) is 4.99 Å². The number of aliphatic imine (C=N–C) groups is 1. The molecular weight excluding hydrogens is 523 g/mol. The van der Waals surface area contributed by atoms with Gasteiger partial charge in [0, 0.05) is 32.6 Å². The van der Waals surface area contributed by atoms with Gasteiger partial charge in [-0.25, -0.2) is 4.99 Å². The average molecular weight is 556 g/mol. The molecule has 0 saturated heterocycles. The first-order chi connectivity index (χ1) is 15.1. The molecular formula is C23H33IN4O4. The topological polar surface area (TPSA) is 88.3 Å². The van der Waals surface area contributed by atoms with Crippen LogP contribution in [0, 0.1) is 0 Å². The van der Waals surface area contributed by atoms with Gasteiger partial charge in [-0.15, -0.1) is 24.0 Å². The molecule has 1 aliphatic heterocycles. The van der Waals surface area contributed by atoms with Gasteiger partial charge in [-0.3, -0.25) is 4.79 Å². The number of ether oxygens (including phenoxy) is 2. The van der Waals surface area contributed by atoms with Crippen molar-refractivity contribution < 1.29 is 18.7 Å². The molecule has 3 rings (SSSR count). The molecule has 0 bridgehead atoms. The van der Waals surface area contributed by atoms with E-state index < -0.39 is 0 Å². The molecule has 32 heavy (non-hydrogen) atoms. The van der Waals surface area contributed by atoms with Gasteiger partial charge in [-0.05, 0) is 55.2 Å². The maximum atomic E-state index is 12.7. The normalized spacial score (nSPS) is 13.1. The molecule has 0 aliphatic carbocycles. The molecule has 0 saturated carbocycles. The first-order valence-electron chi connectivity index (χ1n) is 10.7. The quantitative estimate of drug-likeness (QED) is 0.213. The largest absolute Gasteiger partial charge is 0.493 e. The van der Waals surface area contributed by atoms with Crippen LogP contribution in [0.1, 0.15) is 36.7 Å². The number of furan rings is 1. The summed E-state index contributed by atoms with van der Waals surface area (Å²) in [5, 5.41) is 6.49. The van der Waals surface area contributed by atoms with Crippen molar-refractivity contribution in [3.63, 3.8) is 0 Å². The number of guanidine groups is 1. The third-order valence-corrected chi connectivity index (χ3v) is 5.25. The molecule has 0 unspecified atom stereocenters. The van der Waals surface area contributed by atoms with E-state index in [-0.39, 0.29) is 29.9 Å². The summed E-state index contributed by atoms with van der Waals surface area (Å²) < 4.78 is 16.1. The Morgan fingerprint density at radius 2 is 1.94 bits per heavy atom. The zero-order valence-corrected chi connectivity index (χ0v) is 21.3. The zero-order chi connectivity index (χ0) is 22.1. The van der Waals surface area contributed by atoms with Crippen molar-refractivity contribution in [1.82, 2.24) is 15.5 Å². The summed E-state index contributed by atoms with van der Waals surface area (Å²) in [6, 6.07) is 7.74. The van der Waals surface area contributed by atoms with Gasteiger partial charge in [-0.1, -0.05) is 0 Å². The lowest BCUT2D eigenvalue weighted by atomic mass is 9.98. The predicted molar refractivity (Wildman–Crippen MR) is 135 cm³/mol. The van der Waals surface area contributed by atoms with E-state index in [4.69, 9.17) is 13.9 Å². The lowest BCUT2D eigenvalue weighted by Gasteiger charge is -2.29. The van der Waals surface area contributed by atoms with E-state index in [0.29, 0.717) is 31.8 Å². The fourth-order valence-electron chi connectivity index (χ4n) is 3.60. The van der Waals surface area contributed by atoms with E-state index in [9.17, 15) is 4.79 Å². The molecule has 1 amide bonds. The summed E-state index contributed by atoms with van der Waals surface area (Å²) in [5.74, 6) is 3.13. The van der Waals surface area contributed by atoms with Crippen molar-refractivity contribution >= 4 is 35.8 Å². The SMILES string of the molecule is CCNC(=NCc1ccco1)NCCCC(=O)N1CCc2cc(OC)c(OC)cc2C1.I. The fraction of sp³-hybridized carbons (Fsp3) is 0.478. The van der Waals surface area contributed by atoms with Crippen LogP contribution in [0.3, 0.4) is 0 Å². The summed E-state index contributed by atoms with van der Waals surface area (Å²) in [6.45, 7) is 5.27. The van der Waals surface area contributed by atoms with Gasteiger partial charge in [0.25, 0.3) is 0 Å². The minimum Gasteiger partial charge on any atom is -0.493 e. The van der Waals surface area contributed by atoms with E-state index in [2.05, 4.69) is 15.6 Å². The number of fused-ring (bicyclic) bond motifs is 1. The van der Waals surface area contributed by atoms with Crippen LogP contribution in [0.15, 0.2) is 39.9 Å². The molecule has 0 spiro atoms. The number of hydrogen-bond acceptors (Lipinski definition) is 5. The Morgan fingerprint density at radius 1 is 1.19 bits per heavy atom. The Bertz CT molecular complexity index is 886. The number of carbonyl (C=O) groups is 1. The number of amides is 1. The minimum atomic E-state index is 0. The second-order valence-electron chi connectivity index (χ2n) is 7.35. The summed E-state index contributed by atoms with van der Waals surface area (Å²) in [7, 11) is 3.27. The molecule has 0 atom stereocenters. The van der Waals surface area contributed by atoms with Crippen molar-refractivity contribution in [2.45, 2.75) is 39.3 Å². The smallest absolute Gasteiger partial charge is 0.222 e. The molecule has 2 aromatic rings. The van der Waals surface area contributed by atoms with E-state index in [1.165, 1.54) is 5.56 Å². The summed E-state index contributed by atoms with van der Waals surface area (Å²) in [5.41, 5.74) is 2.33. The number of halogens is 1. The van der Waals surface area contributed by atoms with Gasteiger partial charge in [0.2, 0.25) is 5.91 Å². The number of nitrogens with one attached hydrogen (secondary N) is 2. The van der Waals surface area contributed by atoms with Crippen LogP contribution in [0.5, 0.6) is 11.5 Å². The van der Waals surface area contributed by atoms with Crippen LogP contribution >= 0.6 is 24.0 Å². The number of benzene rings is 1. The highest BCUT2D eigenvalue weighted by Crippen LogP contribution is 2.33. The standard InChI is InChI=1S/C23H32N4O4.HI/c1-4-24-23(26-15-19-7-6-12-31-19)25-10-5-8-22(28)27-11-9-17-13-20(29-2)21(30-3)14-18(17)16-27;/h6-7,12-14H,4-5,8-11,15-16H2,1-3H3,(H2,24,25,26);1H.